The second-order valence-electron chi connectivity index (χ2n) is 6.46. The third kappa shape index (κ3) is 3.44. The Kier molecular flexibility index (Phi) is 5.51. The van der Waals surface area contributed by atoms with Crippen molar-refractivity contribution in [1.29, 1.82) is 0 Å². The molecule has 0 fully saturated rings. The van der Waals surface area contributed by atoms with Crippen molar-refractivity contribution in [3.05, 3.63) is 64.2 Å². The minimum Gasteiger partial charge on any atom is -0.497 e. The maximum Gasteiger partial charge on any atom is 0.230 e. The molecule has 1 aliphatic rings. The first-order valence-electron chi connectivity index (χ1n) is 8.71. The van der Waals surface area contributed by atoms with Crippen molar-refractivity contribution < 1.29 is 18.3 Å². The predicted molar refractivity (Wildman–Crippen MR) is 102 cm³/mol. The van der Waals surface area contributed by atoms with E-state index in [0.29, 0.717) is 28.3 Å². The zero-order valence-electron chi connectivity index (χ0n) is 15.4. The molecule has 0 bridgehead atoms. The zero-order valence-corrected chi connectivity index (χ0v) is 16.1. The molecule has 3 rings (SSSR count). The molecule has 0 aliphatic carbocycles. The van der Waals surface area contributed by atoms with Crippen LogP contribution in [0.5, 0.6) is 5.75 Å². The Labute approximate surface area is 162 Å². The molecule has 6 heteroatoms. The molecule has 0 saturated carbocycles. The van der Waals surface area contributed by atoms with Crippen LogP contribution in [0.3, 0.4) is 0 Å². The second kappa shape index (κ2) is 7.69. The minimum absolute atomic E-state index is 0.169. The number of amides is 1. The van der Waals surface area contributed by atoms with Crippen molar-refractivity contribution in [2.24, 2.45) is 5.92 Å². The number of hydrogen-bond donors (Lipinski definition) is 0. The normalized spacial score (nSPS) is 17.5. The molecule has 0 unspecified atom stereocenters. The van der Waals surface area contributed by atoms with Crippen LogP contribution >= 0.6 is 11.6 Å². The minimum atomic E-state index is -0.720. The molecule has 142 valence electrons. The average molecular weight is 392 g/mol. The van der Waals surface area contributed by atoms with Crippen molar-refractivity contribution in [3.63, 3.8) is 0 Å². The van der Waals surface area contributed by atoms with E-state index in [9.17, 15) is 13.6 Å². The van der Waals surface area contributed by atoms with Crippen LogP contribution in [0.4, 0.5) is 8.78 Å². The van der Waals surface area contributed by atoms with Crippen LogP contribution in [0.25, 0.3) is 11.3 Å². The summed E-state index contributed by atoms with van der Waals surface area (Å²) < 4.78 is 34.5. The van der Waals surface area contributed by atoms with Crippen molar-refractivity contribution in [3.8, 4) is 5.75 Å². The Bertz CT molecular complexity index is 906. The highest BCUT2D eigenvalue weighted by Crippen LogP contribution is 2.43. The van der Waals surface area contributed by atoms with Crippen LogP contribution in [0.15, 0.2) is 36.4 Å². The van der Waals surface area contributed by atoms with Gasteiger partial charge in [-0.25, -0.2) is 8.78 Å². The summed E-state index contributed by atoms with van der Waals surface area (Å²) in [5.74, 6) is -1.37. The standard InChI is InChI=1S/C21H20ClF2NO2/c1-4-25-20(19-17(23)6-5-7-18(19)24)15(10-12(2)21(25)26)14-11-13(27-3)8-9-16(14)22/h5-9,11-12H,4,10H2,1-3H3/t12-/m0/s1. The van der Waals surface area contributed by atoms with E-state index in [1.54, 1.807) is 32.0 Å². The maximum absolute atomic E-state index is 14.6. The molecular weight excluding hydrogens is 372 g/mol. The van der Waals surface area contributed by atoms with Gasteiger partial charge in [0.2, 0.25) is 5.91 Å². The van der Waals surface area contributed by atoms with Gasteiger partial charge in [0.15, 0.2) is 0 Å². The zero-order chi connectivity index (χ0) is 19.7. The van der Waals surface area contributed by atoms with Gasteiger partial charge in [0, 0.05) is 23.0 Å². The van der Waals surface area contributed by atoms with Gasteiger partial charge in [-0.05, 0) is 49.2 Å². The van der Waals surface area contributed by atoms with Gasteiger partial charge < -0.3 is 9.64 Å². The number of methoxy groups -OCH3 is 1. The summed E-state index contributed by atoms with van der Waals surface area (Å²) in [6, 6.07) is 8.79. The predicted octanol–water partition coefficient (Wildman–Crippen LogP) is 5.38. The number of carbonyl (C=O) groups excluding carboxylic acids is 1. The summed E-state index contributed by atoms with van der Waals surface area (Å²) in [6.07, 6.45) is 0.325. The highest BCUT2D eigenvalue weighted by Gasteiger charge is 2.35. The third-order valence-corrected chi connectivity index (χ3v) is 5.10. The van der Waals surface area contributed by atoms with Gasteiger partial charge in [-0.1, -0.05) is 24.6 Å². The number of allylic oxidation sites excluding steroid dienone is 1. The summed E-state index contributed by atoms with van der Waals surface area (Å²) >= 11 is 6.41. The highest BCUT2D eigenvalue weighted by atomic mass is 35.5. The summed E-state index contributed by atoms with van der Waals surface area (Å²) in [5, 5.41) is 0.428. The van der Waals surface area contributed by atoms with E-state index in [-0.39, 0.29) is 29.6 Å². The molecule has 0 N–H and O–H groups in total. The molecule has 1 heterocycles. The number of nitrogens with zero attached hydrogens (tertiary/aromatic N) is 1. The molecule has 1 atom stereocenters. The number of benzene rings is 2. The SMILES string of the molecule is CCN1C(=O)[C@@H](C)CC(c2cc(OC)ccc2Cl)=C1c1c(F)cccc1F. The maximum atomic E-state index is 14.6. The number of rotatable bonds is 4. The smallest absolute Gasteiger partial charge is 0.230 e. The van der Waals surface area contributed by atoms with Crippen molar-refractivity contribution in [2.45, 2.75) is 20.3 Å². The lowest BCUT2D eigenvalue weighted by atomic mass is 9.86. The number of hydrogen-bond acceptors (Lipinski definition) is 2. The molecule has 3 nitrogen and oxygen atoms in total. The molecule has 0 spiro atoms. The average Bonchev–Trinajstić information content (AvgIpc) is 2.65. The van der Waals surface area contributed by atoms with E-state index < -0.39 is 11.6 Å². The van der Waals surface area contributed by atoms with Crippen LogP contribution in [0, 0.1) is 17.6 Å². The van der Waals surface area contributed by atoms with Crippen molar-refractivity contribution in [2.75, 3.05) is 13.7 Å². The second-order valence-corrected chi connectivity index (χ2v) is 6.86. The van der Waals surface area contributed by atoms with Gasteiger partial charge in [0.05, 0.1) is 18.4 Å². The highest BCUT2D eigenvalue weighted by molar-refractivity contribution is 6.32. The third-order valence-electron chi connectivity index (χ3n) is 4.77. The van der Waals surface area contributed by atoms with Crippen LogP contribution < -0.4 is 4.74 Å². The van der Waals surface area contributed by atoms with E-state index in [1.165, 1.54) is 30.2 Å². The van der Waals surface area contributed by atoms with Crippen LogP contribution in [0.1, 0.15) is 31.4 Å². The summed E-state index contributed by atoms with van der Waals surface area (Å²) in [5.41, 5.74) is 1.24. The first-order chi connectivity index (χ1) is 12.9. The molecule has 1 amide bonds. The fraction of sp³-hybridized carbons (Fsp3) is 0.286. The van der Waals surface area contributed by atoms with Crippen molar-refractivity contribution >= 4 is 28.8 Å². The molecule has 0 saturated heterocycles. The Hall–Kier alpha value is -2.40. The quantitative estimate of drug-likeness (QED) is 0.700. The summed E-state index contributed by atoms with van der Waals surface area (Å²) in [6.45, 7) is 3.87. The van der Waals surface area contributed by atoms with Gasteiger partial charge in [0.25, 0.3) is 0 Å². The molecule has 2 aromatic rings. The van der Waals surface area contributed by atoms with E-state index in [1.807, 2.05) is 0 Å². The van der Waals surface area contributed by atoms with Crippen LogP contribution in [0.2, 0.25) is 5.02 Å². The number of ether oxygens (including phenoxy) is 1. The van der Waals surface area contributed by atoms with E-state index >= 15 is 0 Å². The lowest BCUT2D eigenvalue weighted by Crippen LogP contribution is -2.38. The van der Waals surface area contributed by atoms with Gasteiger partial charge in [-0.2, -0.15) is 0 Å². The van der Waals surface area contributed by atoms with E-state index in [2.05, 4.69) is 0 Å². The molecular formula is C21H20ClF2NO2. The molecule has 1 aliphatic heterocycles. The molecule has 0 aromatic heterocycles. The van der Waals surface area contributed by atoms with E-state index in [0.717, 1.165) is 0 Å². The Morgan fingerprint density at radius 1 is 1.22 bits per heavy atom. The first kappa shape index (κ1) is 19.4. The summed E-state index contributed by atoms with van der Waals surface area (Å²) in [4.78, 5) is 14.2. The summed E-state index contributed by atoms with van der Waals surface area (Å²) in [7, 11) is 1.53. The van der Waals surface area contributed by atoms with Crippen LogP contribution in [-0.2, 0) is 4.79 Å². The number of halogens is 3. The lowest BCUT2D eigenvalue weighted by molar-refractivity contribution is -0.131. The molecule has 2 aromatic carbocycles. The van der Waals surface area contributed by atoms with Gasteiger partial charge in [-0.3, -0.25) is 4.79 Å². The fourth-order valence-electron chi connectivity index (χ4n) is 3.45. The van der Waals surface area contributed by atoms with Crippen molar-refractivity contribution in [1.82, 2.24) is 4.90 Å². The monoisotopic (exact) mass is 391 g/mol. The molecule has 0 radical (unpaired) electrons. The van der Waals surface area contributed by atoms with E-state index in [4.69, 9.17) is 16.3 Å². The topological polar surface area (TPSA) is 29.5 Å². The largest absolute Gasteiger partial charge is 0.497 e. The Morgan fingerprint density at radius 3 is 2.48 bits per heavy atom. The Morgan fingerprint density at radius 2 is 1.89 bits per heavy atom. The first-order valence-corrected chi connectivity index (χ1v) is 9.09. The van der Waals surface area contributed by atoms with Gasteiger partial charge in [0.1, 0.15) is 17.4 Å². The molecule has 27 heavy (non-hydrogen) atoms. The number of carbonyl (C=O) groups is 1. The van der Waals surface area contributed by atoms with Gasteiger partial charge >= 0.3 is 0 Å². The van der Waals surface area contributed by atoms with Crippen LogP contribution in [-0.4, -0.2) is 24.5 Å². The Balaban J connectivity index is 2.38. The van der Waals surface area contributed by atoms with Gasteiger partial charge in [-0.15, -0.1) is 0 Å². The fourth-order valence-corrected chi connectivity index (χ4v) is 3.68. The lowest BCUT2D eigenvalue weighted by Gasteiger charge is -2.35.